The zero-order chi connectivity index (χ0) is 17.5. The zero-order valence-electron chi connectivity index (χ0n) is 13.9. The van der Waals surface area contributed by atoms with E-state index in [1.54, 1.807) is 6.07 Å². The second-order valence-corrected chi connectivity index (χ2v) is 6.23. The number of carboxylic acids is 1. The smallest absolute Gasteiger partial charge is 0.308 e. The van der Waals surface area contributed by atoms with Crippen LogP contribution in [0.5, 0.6) is 5.75 Å². The maximum absolute atomic E-state index is 13.6. The van der Waals surface area contributed by atoms with E-state index >= 15 is 0 Å². The molecule has 0 unspecified atom stereocenters. The summed E-state index contributed by atoms with van der Waals surface area (Å²) in [6, 6.07) is 4.30. The minimum atomic E-state index is -0.848. The molecule has 0 aliphatic heterocycles. The zero-order valence-corrected chi connectivity index (χ0v) is 13.9. The average Bonchev–Trinajstić information content (AvgIpc) is 2.78. The summed E-state index contributed by atoms with van der Waals surface area (Å²) in [6.07, 6.45) is 4.71. The van der Waals surface area contributed by atoms with E-state index in [0.29, 0.717) is 24.8 Å². The van der Waals surface area contributed by atoms with Crippen molar-refractivity contribution >= 4 is 11.9 Å². The maximum atomic E-state index is 13.6. The van der Waals surface area contributed by atoms with Gasteiger partial charge in [0, 0.05) is 12.5 Å². The molecule has 2 atom stereocenters. The van der Waals surface area contributed by atoms with Crippen LogP contribution in [-0.4, -0.2) is 30.1 Å². The van der Waals surface area contributed by atoms with Gasteiger partial charge in [-0.25, -0.2) is 4.39 Å². The van der Waals surface area contributed by atoms with Crippen molar-refractivity contribution in [2.45, 2.75) is 51.0 Å². The van der Waals surface area contributed by atoms with E-state index < -0.39 is 17.7 Å². The molecule has 132 valence electrons. The van der Waals surface area contributed by atoms with Gasteiger partial charge in [-0.3, -0.25) is 9.59 Å². The summed E-state index contributed by atoms with van der Waals surface area (Å²) in [5.41, 5.74) is 0.708. The topological polar surface area (TPSA) is 75.6 Å². The molecule has 0 radical (unpaired) electrons. The number of amides is 1. The Balaban J connectivity index is 1.89. The van der Waals surface area contributed by atoms with Crippen molar-refractivity contribution in [1.82, 2.24) is 5.32 Å². The Morgan fingerprint density at radius 2 is 2.04 bits per heavy atom. The van der Waals surface area contributed by atoms with Crippen LogP contribution < -0.4 is 10.1 Å². The van der Waals surface area contributed by atoms with Crippen LogP contribution in [0.15, 0.2) is 18.2 Å². The fourth-order valence-electron chi connectivity index (χ4n) is 3.18. The number of carbonyl (C=O) groups excluding carboxylic acids is 1. The van der Waals surface area contributed by atoms with Gasteiger partial charge in [-0.15, -0.1) is 0 Å². The highest BCUT2D eigenvalue weighted by Crippen LogP contribution is 2.24. The highest BCUT2D eigenvalue weighted by Gasteiger charge is 2.30. The molecule has 2 rings (SSSR count). The number of carboxylic acid groups (broad SMARTS) is 1. The molecule has 1 aliphatic rings. The Kier molecular flexibility index (Phi) is 6.58. The first-order valence-electron chi connectivity index (χ1n) is 8.36. The van der Waals surface area contributed by atoms with Gasteiger partial charge in [-0.1, -0.05) is 25.3 Å². The molecule has 0 saturated heterocycles. The molecule has 0 spiro atoms. The summed E-state index contributed by atoms with van der Waals surface area (Å²) in [7, 11) is 1.40. The largest absolute Gasteiger partial charge is 0.494 e. The van der Waals surface area contributed by atoms with Gasteiger partial charge < -0.3 is 15.2 Å². The number of benzene rings is 1. The van der Waals surface area contributed by atoms with Gasteiger partial charge in [-0.2, -0.15) is 0 Å². The summed E-state index contributed by atoms with van der Waals surface area (Å²) in [6.45, 7) is 0. The molecule has 1 amide bonds. The monoisotopic (exact) mass is 337 g/mol. The van der Waals surface area contributed by atoms with Crippen LogP contribution in [0.3, 0.4) is 0 Å². The van der Waals surface area contributed by atoms with Crippen molar-refractivity contribution in [2.24, 2.45) is 5.92 Å². The summed E-state index contributed by atoms with van der Waals surface area (Å²) in [5.74, 6) is -1.84. The van der Waals surface area contributed by atoms with Gasteiger partial charge in [0.05, 0.1) is 13.0 Å². The van der Waals surface area contributed by atoms with Crippen LogP contribution in [0.4, 0.5) is 4.39 Å². The SMILES string of the molecule is COc1ccc(CCC(=O)N[C@H]2CCCCC[C@H]2C(=O)O)cc1F. The molecule has 1 saturated carbocycles. The third-order valence-corrected chi connectivity index (χ3v) is 4.54. The fraction of sp³-hybridized carbons (Fsp3) is 0.556. The number of carbonyl (C=O) groups is 2. The molecular formula is C18H24FNO4. The summed E-state index contributed by atoms with van der Waals surface area (Å²) >= 11 is 0. The van der Waals surface area contributed by atoms with Gasteiger partial charge in [0.1, 0.15) is 0 Å². The molecule has 1 aromatic carbocycles. The van der Waals surface area contributed by atoms with Crippen molar-refractivity contribution in [3.05, 3.63) is 29.6 Å². The van der Waals surface area contributed by atoms with Crippen molar-refractivity contribution in [2.75, 3.05) is 7.11 Å². The van der Waals surface area contributed by atoms with E-state index in [4.69, 9.17) is 4.74 Å². The first-order chi connectivity index (χ1) is 11.5. The summed E-state index contributed by atoms with van der Waals surface area (Å²) in [4.78, 5) is 23.5. The van der Waals surface area contributed by atoms with Crippen molar-refractivity contribution in [1.29, 1.82) is 0 Å². The first-order valence-corrected chi connectivity index (χ1v) is 8.36. The Morgan fingerprint density at radius 3 is 2.71 bits per heavy atom. The third kappa shape index (κ3) is 4.94. The third-order valence-electron chi connectivity index (χ3n) is 4.54. The highest BCUT2D eigenvalue weighted by molar-refractivity contribution is 5.78. The van der Waals surface area contributed by atoms with Gasteiger partial charge in [0.25, 0.3) is 0 Å². The lowest BCUT2D eigenvalue weighted by Crippen LogP contribution is -2.42. The summed E-state index contributed by atoms with van der Waals surface area (Å²) < 4.78 is 18.5. The lowest BCUT2D eigenvalue weighted by atomic mass is 9.94. The molecule has 0 aromatic heterocycles. The predicted molar refractivity (Wildman–Crippen MR) is 87.4 cm³/mol. The molecule has 1 fully saturated rings. The minimum absolute atomic E-state index is 0.172. The molecule has 6 heteroatoms. The van der Waals surface area contributed by atoms with Crippen molar-refractivity contribution in [3.63, 3.8) is 0 Å². The second-order valence-electron chi connectivity index (χ2n) is 6.23. The van der Waals surface area contributed by atoms with E-state index in [1.165, 1.54) is 19.2 Å². The van der Waals surface area contributed by atoms with Crippen LogP contribution in [0, 0.1) is 11.7 Å². The normalized spacial score (nSPS) is 20.9. The predicted octanol–water partition coefficient (Wildman–Crippen LogP) is 2.92. The van der Waals surface area contributed by atoms with Gasteiger partial charge in [0.2, 0.25) is 5.91 Å². The molecular weight excluding hydrogens is 313 g/mol. The van der Waals surface area contributed by atoms with E-state index in [1.807, 2.05) is 0 Å². The van der Waals surface area contributed by atoms with E-state index in [9.17, 15) is 19.1 Å². The molecule has 1 aromatic rings. The quantitative estimate of drug-likeness (QED) is 0.783. The van der Waals surface area contributed by atoms with Crippen molar-refractivity contribution in [3.8, 4) is 5.75 Å². The average molecular weight is 337 g/mol. The number of ether oxygens (including phenoxy) is 1. The van der Waals surface area contributed by atoms with Crippen LogP contribution in [0.2, 0.25) is 0 Å². The van der Waals surface area contributed by atoms with Crippen LogP contribution in [0.1, 0.15) is 44.1 Å². The van der Waals surface area contributed by atoms with Gasteiger partial charge >= 0.3 is 5.97 Å². The molecule has 0 heterocycles. The molecule has 0 bridgehead atoms. The van der Waals surface area contributed by atoms with Gasteiger partial charge in [-0.05, 0) is 37.0 Å². The van der Waals surface area contributed by atoms with Gasteiger partial charge in [0.15, 0.2) is 11.6 Å². The Morgan fingerprint density at radius 1 is 1.29 bits per heavy atom. The Hall–Kier alpha value is -2.11. The number of nitrogens with one attached hydrogen (secondary N) is 1. The van der Waals surface area contributed by atoms with E-state index in [-0.39, 0.29) is 24.1 Å². The fourth-order valence-corrected chi connectivity index (χ4v) is 3.18. The Bertz CT molecular complexity index is 590. The lowest BCUT2D eigenvalue weighted by molar-refractivity contribution is -0.143. The molecule has 5 nitrogen and oxygen atoms in total. The molecule has 2 N–H and O–H groups in total. The van der Waals surface area contributed by atoms with E-state index in [2.05, 4.69) is 5.32 Å². The Labute approximate surface area is 141 Å². The lowest BCUT2D eigenvalue weighted by Gasteiger charge is -2.22. The first kappa shape index (κ1) is 18.2. The number of methoxy groups -OCH3 is 1. The molecule has 1 aliphatic carbocycles. The van der Waals surface area contributed by atoms with Crippen LogP contribution in [-0.2, 0) is 16.0 Å². The summed E-state index contributed by atoms with van der Waals surface area (Å²) in [5, 5.41) is 12.2. The number of aliphatic carboxylic acids is 1. The van der Waals surface area contributed by atoms with Crippen LogP contribution >= 0.6 is 0 Å². The minimum Gasteiger partial charge on any atom is -0.494 e. The van der Waals surface area contributed by atoms with Crippen LogP contribution in [0.25, 0.3) is 0 Å². The number of hydrogen-bond acceptors (Lipinski definition) is 3. The molecule has 24 heavy (non-hydrogen) atoms. The van der Waals surface area contributed by atoms with E-state index in [0.717, 1.165) is 19.3 Å². The number of aryl methyl sites for hydroxylation is 1. The standard InChI is InChI=1S/C18H24FNO4/c1-24-16-9-7-12(11-14(16)19)8-10-17(21)20-15-6-4-2-3-5-13(15)18(22)23/h7,9,11,13,15H,2-6,8,10H2,1H3,(H,20,21)(H,22,23)/t13-,15+/m1/s1. The maximum Gasteiger partial charge on any atom is 0.308 e. The highest BCUT2D eigenvalue weighted by atomic mass is 19.1. The number of hydrogen-bond donors (Lipinski definition) is 2. The number of rotatable bonds is 6. The van der Waals surface area contributed by atoms with Crippen molar-refractivity contribution < 1.29 is 23.8 Å². The second kappa shape index (κ2) is 8.66. The number of halogens is 1.